The van der Waals surface area contributed by atoms with E-state index in [0.717, 1.165) is 5.56 Å². The number of ether oxygens (including phenoxy) is 1. The second-order valence-electron chi connectivity index (χ2n) is 5.05. The van der Waals surface area contributed by atoms with Crippen LogP contribution in [0.15, 0.2) is 24.3 Å². The Hall–Kier alpha value is -1.86. The van der Waals surface area contributed by atoms with Gasteiger partial charge in [-0.05, 0) is 18.4 Å². The van der Waals surface area contributed by atoms with E-state index >= 15 is 0 Å². The highest BCUT2D eigenvalue weighted by Gasteiger charge is 2.42. The fraction of sp³-hybridized carbons (Fsp3) is 0.467. The predicted molar refractivity (Wildman–Crippen MR) is 73.1 cm³/mol. The number of nitrogens with zero attached hydrogens (tertiary/aromatic N) is 2. The van der Waals surface area contributed by atoms with Gasteiger partial charge in [-0.2, -0.15) is 0 Å². The molecule has 1 aromatic carbocycles. The molecule has 1 amide bonds. The molecule has 1 heterocycles. The van der Waals surface area contributed by atoms with Crippen molar-refractivity contribution in [3.8, 4) is 0 Å². The summed E-state index contributed by atoms with van der Waals surface area (Å²) in [7, 11) is 3.57. The topological polar surface area (TPSA) is 33.9 Å². The van der Waals surface area contributed by atoms with Gasteiger partial charge < -0.3 is 9.64 Å². The zero-order valence-corrected chi connectivity index (χ0v) is 11.3. The lowest BCUT2D eigenvalue weighted by molar-refractivity contribution is -0.138. The molecular weight excluding hydrogens is 240 g/mol. The maximum atomic E-state index is 12.6. The SMILES string of the molecule is [C-]#[N+]c1ccc(C2(C(=O)N(C)C)CCOCC2)cc1. The van der Waals surface area contributed by atoms with E-state index in [1.165, 1.54) is 0 Å². The molecule has 4 heteroatoms. The molecule has 1 fully saturated rings. The zero-order valence-electron chi connectivity index (χ0n) is 11.3. The highest BCUT2D eigenvalue weighted by molar-refractivity contribution is 5.88. The van der Waals surface area contributed by atoms with E-state index in [-0.39, 0.29) is 5.91 Å². The minimum Gasteiger partial charge on any atom is -0.381 e. The molecule has 0 aromatic heterocycles. The van der Waals surface area contributed by atoms with Crippen LogP contribution in [-0.4, -0.2) is 38.1 Å². The molecule has 1 aromatic rings. The molecule has 0 unspecified atom stereocenters. The molecule has 0 atom stereocenters. The van der Waals surface area contributed by atoms with Crippen LogP contribution in [0.2, 0.25) is 0 Å². The van der Waals surface area contributed by atoms with Gasteiger partial charge in [0, 0.05) is 27.3 Å². The summed E-state index contributed by atoms with van der Waals surface area (Å²) >= 11 is 0. The third-order valence-corrected chi connectivity index (χ3v) is 3.71. The van der Waals surface area contributed by atoms with Gasteiger partial charge >= 0.3 is 0 Å². The second-order valence-corrected chi connectivity index (χ2v) is 5.05. The van der Waals surface area contributed by atoms with Crippen molar-refractivity contribution in [1.82, 2.24) is 4.90 Å². The van der Waals surface area contributed by atoms with Crippen LogP contribution in [0.25, 0.3) is 4.85 Å². The molecule has 100 valence electrons. The Bertz CT molecular complexity index is 494. The molecule has 0 N–H and O–H groups in total. The first-order chi connectivity index (χ1) is 9.10. The van der Waals surface area contributed by atoms with Crippen molar-refractivity contribution in [2.75, 3.05) is 27.3 Å². The molecule has 0 aliphatic carbocycles. The van der Waals surface area contributed by atoms with E-state index in [2.05, 4.69) is 4.85 Å². The highest BCUT2D eigenvalue weighted by Crippen LogP contribution is 2.37. The van der Waals surface area contributed by atoms with Crippen LogP contribution in [0.3, 0.4) is 0 Å². The molecule has 0 saturated carbocycles. The number of amides is 1. The fourth-order valence-electron chi connectivity index (χ4n) is 2.63. The van der Waals surface area contributed by atoms with Crippen LogP contribution < -0.4 is 0 Å². The van der Waals surface area contributed by atoms with Gasteiger partial charge in [0.05, 0.1) is 12.0 Å². The van der Waals surface area contributed by atoms with Gasteiger partial charge in [0.1, 0.15) is 0 Å². The summed E-state index contributed by atoms with van der Waals surface area (Å²) in [6.45, 7) is 8.19. The first kappa shape index (κ1) is 13.6. The number of carbonyl (C=O) groups is 1. The molecule has 1 saturated heterocycles. The van der Waals surface area contributed by atoms with E-state index < -0.39 is 5.41 Å². The maximum absolute atomic E-state index is 12.6. The first-order valence-electron chi connectivity index (χ1n) is 6.38. The summed E-state index contributed by atoms with van der Waals surface area (Å²) < 4.78 is 5.40. The molecule has 1 aliphatic heterocycles. The van der Waals surface area contributed by atoms with Crippen molar-refractivity contribution in [2.45, 2.75) is 18.3 Å². The number of carbonyl (C=O) groups excluding carboxylic acids is 1. The average Bonchev–Trinajstić information content (AvgIpc) is 2.47. The van der Waals surface area contributed by atoms with Crippen LogP contribution in [-0.2, 0) is 14.9 Å². The molecular formula is C15H18N2O2. The zero-order chi connectivity index (χ0) is 13.9. The summed E-state index contributed by atoms with van der Waals surface area (Å²) in [6.07, 6.45) is 1.39. The van der Waals surface area contributed by atoms with Crippen molar-refractivity contribution < 1.29 is 9.53 Å². The van der Waals surface area contributed by atoms with E-state index in [9.17, 15) is 4.79 Å². The predicted octanol–water partition coefficient (Wildman–Crippen LogP) is 2.37. The van der Waals surface area contributed by atoms with Gasteiger partial charge in [0.15, 0.2) is 5.69 Å². The second kappa shape index (κ2) is 5.41. The van der Waals surface area contributed by atoms with Gasteiger partial charge in [0.2, 0.25) is 5.91 Å². The molecule has 0 radical (unpaired) electrons. The van der Waals surface area contributed by atoms with E-state index in [4.69, 9.17) is 11.3 Å². The van der Waals surface area contributed by atoms with Gasteiger partial charge in [-0.25, -0.2) is 4.85 Å². The largest absolute Gasteiger partial charge is 0.381 e. The molecule has 1 aliphatic rings. The lowest BCUT2D eigenvalue weighted by atomic mass is 9.73. The third kappa shape index (κ3) is 2.47. The molecule has 0 bridgehead atoms. The van der Waals surface area contributed by atoms with Crippen LogP contribution >= 0.6 is 0 Å². The Morgan fingerprint density at radius 1 is 1.26 bits per heavy atom. The highest BCUT2D eigenvalue weighted by atomic mass is 16.5. The summed E-state index contributed by atoms with van der Waals surface area (Å²) in [4.78, 5) is 17.6. The number of hydrogen-bond donors (Lipinski definition) is 0. The molecule has 4 nitrogen and oxygen atoms in total. The Labute approximate surface area is 113 Å². The van der Waals surface area contributed by atoms with Gasteiger partial charge in [-0.1, -0.05) is 24.3 Å². The Balaban J connectivity index is 2.42. The standard InChI is InChI=1S/C15H18N2O2/c1-16-13-6-4-12(5-7-13)15(14(18)17(2)3)8-10-19-11-9-15/h4-7H,8-11H2,2-3H3. The summed E-state index contributed by atoms with van der Waals surface area (Å²) in [5, 5.41) is 0. The van der Waals surface area contributed by atoms with E-state index in [1.54, 1.807) is 31.1 Å². The van der Waals surface area contributed by atoms with Gasteiger partial charge in [0.25, 0.3) is 0 Å². The lowest BCUT2D eigenvalue weighted by Crippen LogP contribution is -2.47. The van der Waals surface area contributed by atoms with Crippen molar-refractivity contribution in [3.63, 3.8) is 0 Å². The van der Waals surface area contributed by atoms with Crippen molar-refractivity contribution >= 4 is 11.6 Å². The number of benzene rings is 1. The molecule has 0 spiro atoms. The number of hydrogen-bond acceptors (Lipinski definition) is 2. The first-order valence-corrected chi connectivity index (χ1v) is 6.38. The van der Waals surface area contributed by atoms with Crippen molar-refractivity contribution in [2.24, 2.45) is 0 Å². The lowest BCUT2D eigenvalue weighted by Gasteiger charge is -2.38. The van der Waals surface area contributed by atoms with Crippen LogP contribution in [0.5, 0.6) is 0 Å². The fourth-order valence-corrected chi connectivity index (χ4v) is 2.63. The monoisotopic (exact) mass is 258 g/mol. The van der Waals surface area contributed by atoms with E-state index in [0.29, 0.717) is 31.7 Å². The number of rotatable bonds is 2. The van der Waals surface area contributed by atoms with Gasteiger partial charge in [-0.3, -0.25) is 4.79 Å². The van der Waals surface area contributed by atoms with Crippen LogP contribution in [0.1, 0.15) is 18.4 Å². The average molecular weight is 258 g/mol. The Morgan fingerprint density at radius 2 is 1.84 bits per heavy atom. The molecule has 2 rings (SSSR count). The van der Waals surface area contributed by atoms with Crippen LogP contribution in [0.4, 0.5) is 5.69 Å². The summed E-state index contributed by atoms with van der Waals surface area (Å²) in [6, 6.07) is 7.37. The van der Waals surface area contributed by atoms with Crippen LogP contribution in [0, 0.1) is 6.57 Å². The minimum atomic E-state index is -0.498. The van der Waals surface area contributed by atoms with Crippen molar-refractivity contribution in [3.05, 3.63) is 41.2 Å². The quantitative estimate of drug-likeness (QED) is 0.763. The maximum Gasteiger partial charge on any atom is 0.232 e. The normalized spacial score (nSPS) is 17.5. The summed E-state index contributed by atoms with van der Waals surface area (Å²) in [5.74, 6) is 0.117. The minimum absolute atomic E-state index is 0.117. The summed E-state index contributed by atoms with van der Waals surface area (Å²) in [5.41, 5.74) is 1.09. The Kier molecular flexibility index (Phi) is 3.87. The van der Waals surface area contributed by atoms with Gasteiger partial charge in [-0.15, -0.1) is 0 Å². The Morgan fingerprint density at radius 3 is 2.32 bits per heavy atom. The van der Waals surface area contributed by atoms with Crippen molar-refractivity contribution in [1.29, 1.82) is 0 Å². The third-order valence-electron chi connectivity index (χ3n) is 3.71. The molecule has 19 heavy (non-hydrogen) atoms. The smallest absolute Gasteiger partial charge is 0.232 e. The number of likely N-dealkylation sites (N-methyl/N-ethyl adjacent to an activating group) is 1. The van der Waals surface area contributed by atoms with E-state index in [1.807, 2.05) is 12.1 Å².